The van der Waals surface area contributed by atoms with Gasteiger partial charge in [-0.05, 0) is 63.7 Å². The Morgan fingerprint density at radius 2 is 1.92 bits per heavy atom. The third-order valence-corrected chi connectivity index (χ3v) is 6.91. The molecule has 0 aromatic carbocycles. The number of carbonyl (C=O) groups excluding carboxylic acids is 1. The highest BCUT2D eigenvalue weighted by molar-refractivity contribution is 5.88. The van der Waals surface area contributed by atoms with Gasteiger partial charge in [-0.2, -0.15) is 0 Å². The SMILES string of the molecule is CC(C)=CCC[C@]1(C)CCC[C@]2(C3OCCO3)C(=O)C(C)CC[C@@H]12. The molecule has 0 spiro atoms. The Bertz CT molecular complexity index is 501. The summed E-state index contributed by atoms with van der Waals surface area (Å²) >= 11 is 0. The van der Waals surface area contributed by atoms with Gasteiger partial charge in [-0.3, -0.25) is 4.79 Å². The van der Waals surface area contributed by atoms with Crippen molar-refractivity contribution in [2.24, 2.45) is 22.7 Å². The van der Waals surface area contributed by atoms with Crippen LogP contribution in [0.2, 0.25) is 0 Å². The van der Waals surface area contributed by atoms with Crippen LogP contribution in [0.25, 0.3) is 0 Å². The van der Waals surface area contributed by atoms with Crippen molar-refractivity contribution in [1.29, 1.82) is 0 Å². The zero-order valence-electron chi connectivity index (χ0n) is 15.9. The number of fused-ring (bicyclic) bond motifs is 1. The number of hydrogen-bond acceptors (Lipinski definition) is 3. The molecule has 3 aliphatic rings. The topological polar surface area (TPSA) is 35.5 Å². The van der Waals surface area contributed by atoms with Gasteiger partial charge in [-0.1, -0.05) is 31.9 Å². The summed E-state index contributed by atoms with van der Waals surface area (Å²) in [6, 6.07) is 0. The lowest BCUT2D eigenvalue weighted by Gasteiger charge is -2.57. The summed E-state index contributed by atoms with van der Waals surface area (Å²) in [4.78, 5) is 13.4. The normalized spacial score (nSPS) is 40.4. The molecular formula is C21H34O3. The average molecular weight is 335 g/mol. The van der Waals surface area contributed by atoms with Crippen LogP contribution in [-0.2, 0) is 14.3 Å². The maximum Gasteiger partial charge on any atom is 0.170 e. The summed E-state index contributed by atoms with van der Waals surface area (Å²) in [6.45, 7) is 10.1. The largest absolute Gasteiger partial charge is 0.349 e. The van der Waals surface area contributed by atoms with Crippen LogP contribution >= 0.6 is 0 Å². The first-order valence-electron chi connectivity index (χ1n) is 9.81. The Hall–Kier alpha value is -0.670. The Morgan fingerprint density at radius 3 is 2.58 bits per heavy atom. The fourth-order valence-corrected chi connectivity index (χ4v) is 5.71. The molecule has 3 fully saturated rings. The molecule has 1 heterocycles. The molecule has 2 saturated carbocycles. The molecule has 1 aliphatic heterocycles. The van der Waals surface area contributed by atoms with E-state index in [0.717, 1.165) is 32.1 Å². The van der Waals surface area contributed by atoms with E-state index in [0.29, 0.717) is 24.9 Å². The molecule has 0 radical (unpaired) electrons. The van der Waals surface area contributed by atoms with Crippen molar-refractivity contribution in [3.05, 3.63) is 11.6 Å². The second kappa shape index (κ2) is 6.92. The smallest absolute Gasteiger partial charge is 0.170 e. The van der Waals surface area contributed by atoms with E-state index >= 15 is 0 Å². The van der Waals surface area contributed by atoms with Gasteiger partial charge >= 0.3 is 0 Å². The highest BCUT2D eigenvalue weighted by Gasteiger charge is 2.62. The van der Waals surface area contributed by atoms with Crippen molar-refractivity contribution in [2.45, 2.75) is 78.9 Å². The monoisotopic (exact) mass is 334 g/mol. The third kappa shape index (κ3) is 2.99. The van der Waals surface area contributed by atoms with Crippen LogP contribution in [0.15, 0.2) is 11.6 Å². The van der Waals surface area contributed by atoms with E-state index in [1.54, 1.807) is 0 Å². The van der Waals surface area contributed by atoms with Crippen LogP contribution in [0.3, 0.4) is 0 Å². The van der Waals surface area contributed by atoms with Crippen LogP contribution in [0.5, 0.6) is 0 Å². The fraction of sp³-hybridized carbons (Fsp3) is 0.857. The lowest BCUT2D eigenvalue weighted by atomic mass is 9.47. The molecule has 3 rings (SSSR count). The zero-order chi connectivity index (χ0) is 17.4. The van der Waals surface area contributed by atoms with Crippen molar-refractivity contribution in [2.75, 3.05) is 13.2 Å². The van der Waals surface area contributed by atoms with Gasteiger partial charge in [0.25, 0.3) is 0 Å². The molecule has 0 aromatic rings. The number of carbonyl (C=O) groups is 1. The quantitative estimate of drug-likeness (QED) is 0.686. The van der Waals surface area contributed by atoms with E-state index in [9.17, 15) is 4.79 Å². The second-order valence-electron chi connectivity index (χ2n) is 8.84. The number of rotatable bonds is 4. The molecule has 24 heavy (non-hydrogen) atoms. The van der Waals surface area contributed by atoms with E-state index < -0.39 is 5.41 Å². The molecule has 0 aromatic heterocycles. The Balaban J connectivity index is 1.91. The van der Waals surface area contributed by atoms with Gasteiger partial charge in [-0.15, -0.1) is 0 Å². The summed E-state index contributed by atoms with van der Waals surface area (Å²) < 4.78 is 11.9. The standard InChI is InChI=1S/C21H34O3/c1-15(2)7-5-10-20(4)11-6-12-21(19-23-13-14-24-19)17(20)9-8-16(3)18(21)22/h7,16-17,19H,5-6,8-14H2,1-4H3/t16?,17-,20+,21+/m0/s1. The molecule has 3 heteroatoms. The van der Waals surface area contributed by atoms with Gasteiger partial charge in [0.05, 0.1) is 18.6 Å². The van der Waals surface area contributed by atoms with Crippen molar-refractivity contribution < 1.29 is 14.3 Å². The fourth-order valence-electron chi connectivity index (χ4n) is 5.71. The predicted molar refractivity (Wildman–Crippen MR) is 95.6 cm³/mol. The van der Waals surface area contributed by atoms with E-state index in [2.05, 4.69) is 33.8 Å². The Morgan fingerprint density at radius 1 is 1.21 bits per heavy atom. The van der Waals surface area contributed by atoms with Crippen molar-refractivity contribution in [1.82, 2.24) is 0 Å². The van der Waals surface area contributed by atoms with Gasteiger partial charge in [0, 0.05) is 5.92 Å². The number of allylic oxidation sites excluding steroid dienone is 2. The lowest BCUT2D eigenvalue weighted by Crippen LogP contribution is -2.59. The minimum atomic E-state index is -0.397. The first kappa shape index (κ1) is 18.1. The molecular weight excluding hydrogens is 300 g/mol. The molecule has 0 N–H and O–H groups in total. The van der Waals surface area contributed by atoms with E-state index in [1.165, 1.54) is 18.4 Å². The van der Waals surface area contributed by atoms with E-state index in [4.69, 9.17) is 9.47 Å². The Kier molecular flexibility index (Phi) is 5.22. The maximum absolute atomic E-state index is 13.4. The molecule has 0 amide bonds. The summed E-state index contributed by atoms with van der Waals surface area (Å²) in [7, 11) is 0. The van der Waals surface area contributed by atoms with Crippen LogP contribution in [0.4, 0.5) is 0 Å². The van der Waals surface area contributed by atoms with Gasteiger partial charge in [0.2, 0.25) is 0 Å². The summed E-state index contributed by atoms with van der Waals surface area (Å²) in [5.41, 5.74) is 1.21. The third-order valence-electron chi connectivity index (χ3n) is 6.91. The molecule has 4 atom stereocenters. The minimum absolute atomic E-state index is 0.147. The highest BCUT2D eigenvalue weighted by Crippen LogP contribution is 2.61. The van der Waals surface area contributed by atoms with Gasteiger partial charge < -0.3 is 9.47 Å². The maximum atomic E-state index is 13.4. The molecule has 1 unspecified atom stereocenters. The summed E-state index contributed by atoms with van der Waals surface area (Å²) in [6.07, 6.45) is 9.77. The Labute approximate surface area is 147 Å². The van der Waals surface area contributed by atoms with E-state index in [1.807, 2.05) is 0 Å². The molecule has 3 nitrogen and oxygen atoms in total. The van der Waals surface area contributed by atoms with Gasteiger partial charge in [0.15, 0.2) is 6.29 Å². The molecule has 0 bridgehead atoms. The number of Topliss-reactive ketones (excluding diaryl/α,β-unsaturated/α-hetero) is 1. The van der Waals surface area contributed by atoms with Gasteiger partial charge in [0.1, 0.15) is 5.78 Å². The number of hydrogen-bond donors (Lipinski definition) is 0. The van der Waals surface area contributed by atoms with Crippen LogP contribution in [0.1, 0.15) is 72.6 Å². The van der Waals surface area contributed by atoms with Crippen molar-refractivity contribution in [3.8, 4) is 0 Å². The van der Waals surface area contributed by atoms with E-state index in [-0.39, 0.29) is 17.6 Å². The lowest BCUT2D eigenvalue weighted by molar-refractivity contribution is -0.209. The van der Waals surface area contributed by atoms with Crippen LogP contribution < -0.4 is 0 Å². The van der Waals surface area contributed by atoms with Crippen LogP contribution in [-0.4, -0.2) is 25.3 Å². The van der Waals surface area contributed by atoms with Crippen molar-refractivity contribution >= 4 is 5.78 Å². The zero-order valence-corrected chi connectivity index (χ0v) is 15.9. The second-order valence-corrected chi connectivity index (χ2v) is 8.84. The molecule has 2 aliphatic carbocycles. The first-order chi connectivity index (χ1) is 11.4. The van der Waals surface area contributed by atoms with Gasteiger partial charge in [-0.25, -0.2) is 0 Å². The summed E-state index contributed by atoms with van der Waals surface area (Å²) in [5, 5.41) is 0. The molecule has 136 valence electrons. The average Bonchev–Trinajstić information content (AvgIpc) is 3.06. The number of ketones is 1. The predicted octanol–water partition coefficient (Wildman–Crippen LogP) is 4.90. The summed E-state index contributed by atoms with van der Waals surface area (Å²) in [5.74, 6) is 0.962. The minimum Gasteiger partial charge on any atom is -0.349 e. The highest BCUT2D eigenvalue weighted by atomic mass is 16.7. The molecule has 1 saturated heterocycles. The van der Waals surface area contributed by atoms with Crippen molar-refractivity contribution in [3.63, 3.8) is 0 Å². The number of ether oxygens (including phenoxy) is 2. The van der Waals surface area contributed by atoms with Crippen LogP contribution in [0, 0.1) is 22.7 Å². The first-order valence-corrected chi connectivity index (χ1v) is 9.81.